The molecule has 0 aromatic heterocycles. The van der Waals surface area contributed by atoms with Crippen molar-refractivity contribution in [2.75, 3.05) is 25.9 Å². The molecule has 0 aliphatic heterocycles. The first-order valence-electron chi connectivity index (χ1n) is 5.63. The Morgan fingerprint density at radius 1 is 1.30 bits per heavy atom. The van der Waals surface area contributed by atoms with Crippen LogP contribution in [-0.4, -0.2) is 37.0 Å². The van der Waals surface area contributed by atoms with Crippen LogP contribution >= 0.6 is 67.8 Å². The van der Waals surface area contributed by atoms with Gasteiger partial charge in [0.1, 0.15) is 6.54 Å². The zero-order valence-electron chi connectivity index (χ0n) is 10.9. The Bertz CT molecular complexity index is 549. The third kappa shape index (κ3) is 4.32. The lowest BCUT2D eigenvalue weighted by Crippen LogP contribution is -2.34. The van der Waals surface area contributed by atoms with Crippen molar-refractivity contribution in [2.45, 2.75) is 6.92 Å². The van der Waals surface area contributed by atoms with Gasteiger partial charge in [-0.25, -0.2) is 0 Å². The number of likely N-dealkylation sites (N-methyl/N-ethyl adjacent to an activating group) is 1. The molecular weight excluding hydrogens is 601 g/mol. The number of nitrogens with zero attached hydrogens (tertiary/aromatic N) is 1. The van der Waals surface area contributed by atoms with E-state index in [1.165, 1.54) is 4.90 Å². The molecule has 0 atom stereocenters. The van der Waals surface area contributed by atoms with Crippen molar-refractivity contribution < 1.29 is 14.3 Å². The second-order valence-electron chi connectivity index (χ2n) is 3.91. The van der Waals surface area contributed by atoms with Gasteiger partial charge in [0.05, 0.1) is 21.4 Å². The van der Waals surface area contributed by atoms with Crippen molar-refractivity contribution in [3.05, 3.63) is 22.3 Å². The Balaban J connectivity index is 3.04. The van der Waals surface area contributed by atoms with Crippen molar-refractivity contribution in [3.8, 4) is 0 Å². The summed E-state index contributed by atoms with van der Waals surface area (Å²) in [5.41, 5.74) is 7.06. The molecule has 0 spiro atoms. The molecule has 20 heavy (non-hydrogen) atoms. The van der Waals surface area contributed by atoms with Crippen LogP contribution in [0, 0.1) is 10.7 Å². The van der Waals surface area contributed by atoms with Crippen molar-refractivity contribution in [3.63, 3.8) is 0 Å². The second kappa shape index (κ2) is 7.96. The van der Waals surface area contributed by atoms with Crippen LogP contribution in [0.1, 0.15) is 17.3 Å². The van der Waals surface area contributed by atoms with Crippen molar-refractivity contribution in [1.82, 2.24) is 4.90 Å². The maximum Gasteiger partial charge on any atom is 0.325 e. The van der Waals surface area contributed by atoms with Gasteiger partial charge in [-0.1, -0.05) is 0 Å². The number of carbonyl (C=O) groups is 2. The van der Waals surface area contributed by atoms with E-state index in [9.17, 15) is 9.59 Å². The van der Waals surface area contributed by atoms with Crippen LogP contribution in [0.3, 0.4) is 0 Å². The van der Waals surface area contributed by atoms with E-state index in [4.69, 9.17) is 10.5 Å². The molecule has 0 saturated carbocycles. The van der Waals surface area contributed by atoms with Gasteiger partial charge in [0.2, 0.25) is 0 Å². The highest BCUT2D eigenvalue weighted by Gasteiger charge is 2.23. The fourth-order valence-electron chi connectivity index (χ4n) is 1.46. The number of esters is 1. The maximum atomic E-state index is 12.4. The number of benzene rings is 1. The minimum atomic E-state index is -0.424. The van der Waals surface area contributed by atoms with Crippen LogP contribution in [0.15, 0.2) is 6.07 Å². The number of nitrogens with two attached hydrogens (primary N) is 1. The quantitative estimate of drug-likeness (QED) is 0.322. The molecule has 0 heterocycles. The smallest absolute Gasteiger partial charge is 0.325 e. The van der Waals surface area contributed by atoms with E-state index < -0.39 is 5.97 Å². The predicted octanol–water partition coefficient (Wildman–Crippen LogP) is 2.72. The lowest BCUT2D eigenvalue weighted by molar-refractivity contribution is -0.143. The Morgan fingerprint density at radius 3 is 2.45 bits per heavy atom. The highest BCUT2D eigenvalue weighted by molar-refractivity contribution is 14.1. The fraction of sp³-hybridized carbons (Fsp3) is 0.333. The van der Waals surface area contributed by atoms with Crippen molar-refractivity contribution >= 4 is 85.3 Å². The van der Waals surface area contributed by atoms with E-state index >= 15 is 0 Å². The van der Waals surface area contributed by atoms with E-state index in [0.29, 0.717) is 21.4 Å². The van der Waals surface area contributed by atoms with E-state index in [0.717, 1.165) is 7.14 Å². The molecule has 110 valence electrons. The summed E-state index contributed by atoms with van der Waals surface area (Å²) in [6.07, 6.45) is 0. The molecule has 0 fully saturated rings. The molecule has 8 heteroatoms. The van der Waals surface area contributed by atoms with E-state index in [-0.39, 0.29) is 12.5 Å². The summed E-state index contributed by atoms with van der Waals surface area (Å²) in [7, 11) is 1.57. The predicted molar refractivity (Wildman–Crippen MR) is 103 cm³/mol. The van der Waals surface area contributed by atoms with E-state index in [1.54, 1.807) is 14.0 Å². The molecule has 1 amide bonds. The van der Waals surface area contributed by atoms with Gasteiger partial charge in [-0.2, -0.15) is 0 Å². The molecule has 0 aliphatic carbocycles. The summed E-state index contributed by atoms with van der Waals surface area (Å²) in [5, 5.41) is 0. The first-order chi connectivity index (χ1) is 9.29. The maximum absolute atomic E-state index is 12.4. The summed E-state index contributed by atoms with van der Waals surface area (Å²) >= 11 is 6.29. The Labute approximate surface area is 158 Å². The van der Waals surface area contributed by atoms with Crippen LogP contribution < -0.4 is 5.73 Å². The minimum absolute atomic E-state index is 0.0786. The van der Waals surface area contributed by atoms with Crippen LogP contribution in [0.25, 0.3) is 0 Å². The molecular formula is C12H13I3N2O3. The minimum Gasteiger partial charge on any atom is -0.465 e. The summed E-state index contributed by atoms with van der Waals surface area (Å²) in [5.74, 6) is -0.665. The SMILES string of the molecule is CCOC(=O)CN(C)C(=O)c1c(I)cc(I)c(N)c1I. The zero-order chi connectivity index (χ0) is 15.4. The second-order valence-corrected chi connectivity index (χ2v) is 7.31. The standard InChI is InChI=1S/C12H13I3N2O3/c1-3-20-8(18)5-17(2)12(19)9-6(13)4-7(14)11(16)10(9)15/h4H,3,5,16H2,1-2H3. The highest BCUT2D eigenvalue weighted by atomic mass is 127. The third-order valence-corrected chi connectivity index (χ3v) is 5.30. The van der Waals surface area contributed by atoms with Gasteiger partial charge in [-0.15, -0.1) is 0 Å². The van der Waals surface area contributed by atoms with E-state index in [2.05, 4.69) is 67.8 Å². The Hall–Kier alpha value is 0.150. The fourth-order valence-corrected chi connectivity index (χ4v) is 5.30. The number of ether oxygens (including phenoxy) is 1. The van der Waals surface area contributed by atoms with Gasteiger partial charge < -0.3 is 15.4 Å². The largest absolute Gasteiger partial charge is 0.465 e. The molecule has 2 N–H and O–H groups in total. The van der Waals surface area contributed by atoms with Crippen molar-refractivity contribution in [1.29, 1.82) is 0 Å². The molecule has 0 aliphatic rings. The number of halogens is 3. The normalized spacial score (nSPS) is 10.2. The number of hydrogen-bond donors (Lipinski definition) is 1. The lowest BCUT2D eigenvalue weighted by Gasteiger charge is -2.19. The van der Waals surface area contributed by atoms with Gasteiger partial charge in [-0.05, 0) is 80.8 Å². The molecule has 5 nitrogen and oxygen atoms in total. The molecule has 0 bridgehead atoms. The summed E-state index contributed by atoms with van der Waals surface area (Å²) in [6, 6.07) is 1.85. The van der Waals surface area contributed by atoms with Crippen molar-refractivity contribution in [2.24, 2.45) is 0 Å². The number of amides is 1. The third-order valence-electron chi connectivity index (χ3n) is 2.44. The Morgan fingerprint density at radius 2 is 1.90 bits per heavy atom. The molecule has 1 rings (SSSR count). The molecule has 0 saturated heterocycles. The van der Waals surface area contributed by atoms with Gasteiger partial charge in [0, 0.05) is 14.2 Å². The summed E-state index contributed by atoms with van der Waals surface area (Å²) < 4.78 is 7.26. The van der Waals surface area contributed by atoms with Gasteiger partial charge in [0.15, 0.2) is 0 Å². The average Bonchev–Trinajstić information content (AvgIpc) is 2.36. The van der Waals surface area contributed by atoms with Crippen LogP contribution in [0.2, 0.25) is 0 Å². The van der Waals surface area contributed by atoms with Crippen LogP contribution in [0.5, 0.6) is 0 Å². The van der Waals surface area contributed by atoms with Crippen LogP contribution in [0.4, 0.5) is 5.69 Å². The lowest BCUT2D eigenvalue weighted by atomic mass is 10.2. The van der Waals surface area contributed by atoms with E-state index in [1.807, 2.05) is 6.07 Å². The van der Waals surface area contributed by atoms with Gasteiger partial charge in [-0.3, -0.25) is 9.59 Å². The zero-order valence-corrected chi connectivity index (χ0v) is 17.3. The number of carbonyl (C=O) groups excluding carboxylic acids is 2. The number of hydrogen-bond acceptors (Lipinski definition) is 4. The number of rotatable bonds is 4. The molecule has 0 radical (unpaired) electrons. The summed E-state index contributed by atoms with van der Waals surface area (Å²) in [4.78, 5) is 25.2. The highest BCUT2D eigenvalue weighted by Crippen LogP contribution is 2.30. The monoisotopic (exact) mass is 614 g/mol. The first-order valence-corrected chi connectivity index (χ1v) is 8.87. The molecule has 1 aromatic rings. The Kier molecular flexibility index (Phi) is 7.24. The number of nitrogen functional groups attached to an aromatic ring is 1. The van der Waals surface area contributed by atoms with Crippen LogP contribution in [-0.2, 0) is 9.53 Å². The van der Waals surface area contributed by atoms with Gasteiger partial charge >= 0.3 is 5.97 Å². The van der Waals surface area contributed by atoms with Gasteiger partial charge in [0.25, 0.3) is 5.91 Å². The average molecular weight is 614 g/mol. The number of anilines is 1. The molecule has 1 aromatic carbocycles. The first kappa shape index (κ1) is 18.2. The molecule has 0 unspecified atom stereocenters. The summed E-state index contributed by atoms with van der Waals surface area (Å²) in [6.45, 7) is 1.95. The topological polar surface area (TPSA) is 72.6 Å².